The van der Waals surface area contributed by atoms with E-state index in [4.69, 9.17) is 0 Å². The van der Waals surface area contributed by atoms with Crippen molar-refractivity contribution in [1.29, 1.82) is 0 Å². The summed E-state index contributed by atoms with van der Waals surface area (Å²) in [5.41, 5.74) is 1.86. The van der Waals surface area contributed by atoms with E-state index in [1.54, 1.807) is 12.3 Å². The van der Waals surface area contributed by atoms with Gasteiger partial charge in [-0.15, -0.1) is 10.2 Å². The summed E-state index contributed by atoms with van der Waals surface area (Å²) >= 11 is 0. The Morgan fingerprint density at radius 2 is 1.92 bits per heavy atom. The van der Waals surface area contributed by atoms with E-state index in [0.29, 0.717) is 11.1 Å². The van der Waals surface area contributed by atoms with Crippen molar-refractivity contribution >= 4 is 15.7 Å². The number of nitrogens with one attached hydrogen (secondary N) is 1. The lowest BCUT2D eigenvalue weighted by Crippen LogP contribution is -2.10. The number of pyridine rings is 1. The molecular formula is C15H16N6O2S. The molecule has 0 fully saturated rings. The van der Waals surface area contributed by atoms with Gasteiger partial charge in [0.1, 0.15) is 5.82 Å². The molecule has 3 aromatic rings. The van der Waals surface area contributed by atoms with Gasteiger partial charge in [0, 0.05) is 37.7 Å². The second-order valence-electron chi connectivity index (χ2n) is 5.49. The van der Waals surface area contributed by atoms with Crippen LogP contribution in [0.2, 0.25) is 0 Å². The van der Waals surface area contributed by atoms with Gasteiger partial charge in [-0.2, -0.15) is 5.21 Å². The number of benzene rings is 1. The van der Waals surface area contributed by atoms with Crippen molar-refractivity contribution in [1.82, 2.24) is 25.6 Å². The standard InChI is InChI=1S/C15H16N6O2S/c1-21(2)13-8-7-10(9-16-13)11-5-4-6-12(24(3,22)23)14(11)15-17-19-20-18-15/h4-9H,1-3H3,(H,17,18,19,20). The van der Waals surface area contributed by atoms with E-state index in [1.165, 1.54) is 6.07 Å². The number of sulfone groups is 1. The first kappa shape index (κ1) is 16.1. The van der Waals surface area contributed by atoms with Crippen LogP contribution in [0.5, 0.6) is 0 Å². The number of aromatic nitrogens is 5. The van der Waals surface area contributed by atoms with Gasteiger partial charge < -0.3 is 4.90 Å². The van der Waals surface area contributed by atoms with Crippen molar-refractivity contribution in [2.45, 2.75) is 4.90 Å². The molecule has 0 radical (unpaired) electrons. The van der Waals surface area contributed by atoms with Crippen molar-refractivity contribution in [3.63, 3.8) is 0 Å². The SMILES string of the molecule is CN(C)c1ccc(-c2cccc(S(C)(=O)=O)c2-c2nn[nH]n2)cn1. The number of H-pyrrole nitrogens is 1. The van der Waals surface area contributed by atoms with Gasteiger partial charge in [-0.05, 0) is 29.0 Å². The molecule has 0 bridgehead atoms. The van der Waals surface area contributed by atoms with Crippen LogP contribution in [0.3, 0.4) is 0 Å². The highest BCUT2D eigenvalue weighted by atomic mass is 32.2. The third-order valence-corrected chi connectivity index (χ3v) is 4.65. The second kappa shape index (κ2) is 6.00. The summed E-state index contributed by atoms with van der Waals surface area (Å²) in [5.74, 6) is 1.03. The third kappa shape index (κ3) is 2.98. The molecule has 0 aliphatic heterocycles. The fourth-order valence-corrected chi connectivity index (χ4v) is 3.29. The number of hydrogen-bond donors (Lipinski definition) is 1. The first-order chi connectivity index (χ1) is 11.4. The molecule has 124 valence electrons. The maximum atomic E-state index is 12.2. The predicted octanol–water partition coefficient (Wildman–Crippen LogP) is 1.40. The Bertz CT molecular complexity index is 950. The Kier molecular flexibility index (Phi) is 4.02. The molecule has 0 aliphatic rings. The van der Waals surface area contributed by atoms with Gasteiger partial charge >= 0.3 is 0 Å². The number of aromatic amines is 1. The van der Waals surface area contributed by atoms with E-state index >= 15 is 0 Å². The third-order valence-electron chi connectivity index (χ3n) is 3.51. The molecule has 0 aliphatic carbocycles. The Morgan fingerprint density at radius 1 is 1.12 bits per heavy atom. The predicted molar refractivity (Wildman–Crippen MR) is 90.3 cm³/mol. The average Bonchev–Trinajstić information content (AvgIpc) is 3.07. The maximum Gasteiger partial charge on any atom is 0.206 e. The summed E-state index contributed by atoms with van der Waals surface area (Å²) in [6.45, 7) is 0. The van der Waals surface area contributed by atoms with E-state index in [0.717, 1.165) is 17.6 Å². The highest BCUT2D eigenvalue weighted by Gasteiger charge is 2.22. The molecule has 2 aromatic heterocycles. The van der Waals surface area contributed by atoms with Crippen LogP contribution in [0.15, 0.2) is 41.4 Å². The van der Waals surface area contributed by atoms with Gasteiger partial charge in [-0.3, -0.25) is 0 Å². The number of anilines is 1. The summed E-state index contributed by atoms with van der Waals surface area (Å²) in [6, 6.07) is 8.78. The largest absolute Gasteiger partial charge is 0.363 e. The normalized spacial score (nSPS) is 11.5. The zero-order chi connectivity index (χ0) is 17.3. The van der Waals surface area contributed by atoms with E-state index in [-0.39, 0.29) is 10.7 Å². The molecule has 9 heteroatoms. The van der Waals surface area contributed by atoms with Crippen molar-refractivity contribution in [3.8, 4) is 22.5 Å². The zero-order valence-electron chi connectivity index (χ0n) is 13.4. The maximum absolute atomic E-state index is 12.2. The average molecular weight is 344 g/mol. The second-order valence-corrected chi connectivity index (χ2v) is 7.47. The molecule has 24 heavy (non-hydrogen) atoms. The summed E-state index contributed by atoms with van der Waals surface area (Å²) < 4.78 is 24.3. The van der Waals surface area contributed by atoms with E-state index in [1.807, 2.05) is 37.2 Å². The van der Waals surface area contributed by atoms with Crippen LogP contribution in [0.4, 0.5) is 5.82 Å². The van der Waals surface area contributed by atoms with E-state index in [2.05, 4.69) is 25.6 Å². The summed E-state index contributed by atoms with van der Waals surface area (Å²) in [5, 5.41) is 13.8. The minimum atomic E-state index is -3.46. The number of tetrazole rings is 1. The van der Waals surface area contributed by atoms with Crippen LogP contribution in [0.25, 0.3) is 22.5 Å². The zero-order valence-corrected chi connectivity index (χ0v) is 14.2. The lowest BCUT2D eigenvalue weighted by atomic mass is 10.0. The van der Waals surface area contributed by atoms with Gasteiger partial charge in [0.2, 0.25) is 5.82 Å². The van der Waals surface area contributed by atoms with Crippen LogP contribution in [0.1, 0.15) is 0 Å². The summed E-state index contributed by atoms with van der Waals surface area (Å²) in [6.07, 6.45) is 2.85. The number of nitrogens with zero attached hydrogens (tertiary/aromatic N) is 5. The Balaban J connectivity index is 2.25. The highest BCUT2D eigenvalue weighted by Crippen LogP contribution is 2.35. The minimum Gasteiger partial charge on any atom is -0.363 e. The van der Waals surface area contributed by atoms with Crippen LogP contribution in [-0.2, 0) is 9.84 Å². The summed E-state index contributed by atoms with van der Waals surface area (Å²) in [4.78, 5) is 6.42. The summed E-state index contributed by atoms with van der Waals surface area (Å²) in [7, 11) is 0.338. The number of hydrogen-bond acceptors (Lipinski definition) is 7. The topological polar surface area (TPSA) is 105 Å². The molecule has 0 atom stereocenters. The Hall–Kier alpha value is -2.81. The minimum absolute atomic E-state index is 0.151. The molecule has 3 rings (SSSR count). The van der Waals surface area contributed by atoms with Crippen molar-refractivity contribution in [3.05, 3.63) is 36.5 Å². The molecule has 1 aromatic carbocycles. The Labute approximate surface area is 139 Å². The monoisotopic (exact) mass is 344 g/mol. The molecule has 0 spiro atoms. The van der Waals surface area contributed by atoms with E-state index in [9.17, 15) is 8.42 Å². The molecule has 8 nitrogen and oxygen atoms in total. The lowest BCUT2D eigenvalue weighted by Gasteiger charge is -2.14. The molecule has 0 saturated heterocycles. The van der Waals surface area contributed by atoms with Crippen molar-refractivity contribution in [2.75, 3.05) is 25.3 Å². The van der Waals surface area contributed by atoms with Crippen LogP contribution in [0, 0.1) is 0 Å². The van der Waals surface area contributed by atoms with Gasteiger partial charge in [0.15, 0.2) is 9.84 Å². The first-order valence-electron chi connectivity index (χ1n) is 7.08. The quantitative estimate of drug-likeness (QED) is 0.762. The first-order valence-corrected chi connectivity index (χ1v) is 8.97. The molecule has 0 unspecified atom stereocenters. The van der Waals surface area contributed by atoms with Crippen molar-refractivity contribution < 1.29 is 8.42 Å². The van der Waals surface area contributed by atoms with Crippen LogP contribution < -0.4 is 4.90 Å². The molecular weight excluding hydrogens is 328 g/mol. The lowest BCUT2D eigenvalue weighted by molar-refractivity contribution is 0.602. The Morgan fingerprint density at radius 3 is 2.46 bits per heavy atom. The number of rotatable bonds is 4. The van der Waals surface area contributed by atoms with Gasteiger partial charge in [-0.1, -0.05) is 12.1 Å². The van der Waals surface area contributed by atoms with Crippen LogP contribution in [-0.4, -0.2) is 54.4 Å². The molecule has 2 heterocycles. The smallest absolute Gasteiger partial charge is 0.206 e. The van der Waals surface area contributed by atoms with Crippen molar-refractivity contribution in [2.24, 2.45) is 0 Å². The fraction of sp³-hybridized carbons (Fsp3) is 0.200. The van der Waals surface area contributed by atoms with Gasteiger partial charge in [0.25, 0.3) is 0 Å². The van der Waals surface area contributed by atoms with E-state index < -0.39 is 9.84 Å². The van der Waals surface area contributed by atoms with Gasteiger partial charge in [0.05, 0.1) is 4.90 Å². The fourth-order valence-electron chi connectivity index (χ4n) is 2.39. The van der Waals surface area contributed by atoms with Crippen LogP contribution >= 0.6 is 0 Å². The highest BCUT2D eigenvalue weighted by molar-refractivity contribution is 7.90. The molecule has 1 N–H and O–H groups in total. The van der Waals surface area contributed by atoms with Gasteiger partial charge in [-0.25, -0.2) is 13.4 Å². The molecule has 0 saturated carbocycles. The molecule has 0 amide bonds.